The van der Waals surface area contributed by atoms with Crippen LogP contribution in [-0.4, -0.2) is 10.8 Å². The van der Waals surface area contributed by atoms with E-state index >= 15 is 0 Å². The van der Waals surface area contributed by atoms with Gasteiger partial charge in [0, 0.05) is 23.8 Å². The maximum Gasteiger partial charge on any atom is 0.269 e. The number of nitro groups is 1. The molecule has 1 aromatic carbocycles. The maximum atomic E-state index is 11.1. The largest absolute Gasteiger partial charge is 0.365 e. The predicted octanol–water partition coefficient (Wildman–Crippen LogP) is 1.03. The number of rotatable bonds is 4. The van der Waals surface area contributed by atoms with Crippen LogP contribution in [0, 0.1) is 10.1 Å². The summed E-state index contributed by atoms with van der Waals surface area (Å²) in [4.78, 5) is 21.2. The number of nitrogens with two attached hydrogens (primary N) is 1. The van der Waals surface area contributed by atoms with E-state index in [1.54, 1.807) is 41.2 Å². The van der Waals surface area contributed by atoms with Crippen LogP contribution in [0.3, 0.4) is 0 Å². The molecule has 0 spiro atoms. The number of non-ortho nitro benzene ring substituents is 1. The molecule has 1 aromatic heterocycles. The average Bonchev–Trinajstić information content (AvgIpc) is 2.39. The van der Waals surface area contributed by atoms with E-state index in [1.165, 1.54) is 12.1 Å². The lowest BCUT2D eigenvalue weighted by atomic mass is 10.2. The second-order valence-corrected chi connectivity index (χ2v) is 4.05. The van der Waals surface area contributed by atoms with Crippen molar-refractivity contribution in [3.8, 4) is 0 Å². The third kappa shape index (κ3) is 3.12. The highest BCUT2D eigenvalue weighted by Gasteiger charge is 2.09. The van der Waals surface area contributed by atoms with Crippen LogP contribution in [0.2, 0.25) is 0 Å². The van der Waals surface area contributed by atoms with Gasteiger partial charge in [-0.3, -0.25) is 14.9 Å². The molecule has 0 radical (unpaired) electrons. The molecule has 6 heteroatoms. The van der Waals surface area contributed by atoms with Crippen LogP contribution >= 0.6 is 0 Å². The molecule has 2 N–H and O–H groups in total. The van der Waals surface area contributed by atoms with Crippen LogP contribution in [-0.2, 0) is 6.54 Å². The zero-order valence-electron chi connectivity index (χ0n) is 10.0. The second kappa shape index (κ2) is 5.26. The Morgan fingerprint density at radius 3 is 2.53 bits per heavy atom. The predicted molar refractivity (Wildman–Crippen MR) is 67.4 cm³/mol. The standard InChI is InChI=1S/C13H11N3O3/c14-13(17)11-2-1-7-15(9-11)8-10-3-5-12(6-4-10)16(18)19/h1-7,9H,8H2,(H-,14,17)/p+1. The first-order chi connectivity index (χ1) is 9.06. The first kappa shape index (κ1) is 12.7. The van der Waals surface area contributed by atoms with Gasteiger partial charge in [0.1, 0.15) is 5.56 Å². The Balaban J connectivity index is 2.19. The molecule has 0 atom stereocenters. The Labute approximate surface area is 109 Å². The molecule has 0 saturated heterocycles. The number of hydrogen-bond donors (Lipinski definition) is 1. The molecule has 19 heavy (non-hydrogen) atoms. The van der Waals surface area contributed by atoms with Crippen LogP contribution in [0.25, 0.3) is 0 Å². The number of carbonyl (C=O) groups excluding carboxylic acids is 1. The van der Waals surface area contributed by atoms with Crippen LogP contribution in [0.1, 0.15) is 15.9 Å². The van der Waals surface area contributed by atoms with Crippen molar-refractivity contribution in [3.63, 3.8) is 0 Å². The Morgan fingerprint density at radius 2 is 1.95 bits per heavy atom. The van der Waals surface area contributed by atoms with Gasteiger partial charge in [-0.05, 0) is 18.2 Å². The fraction of sp³-hybridized carbons (Fsp3) is 0.0769. The summed E-state index contributed by atoms with van der Waals surface area (Å²) in [6, 6.07) is 9.63. The molecular formula is C13H12N3O3+. The van der Waals surface area contributed by atoms with Crippen molar-refractivity contribution in [1.82, 2.24) is 0 Å². The smallest absolute Gasteiger partial charge is 0.269 e. The number of aromatic nitrogens is 1. The Kier molecular flexibility index (Phi) is 3.51. The van der Waals surface area contributed by atoms with Gasteiger partial charge < -0.3 is 5.73 Å². The van der Waals surface area contributed by atoms with Gasteiger partial charge in [-0.25, -0.2) is 0 Å². The quantitative estimate of drug-likeness (QED) is 0.504. The van der Waals surface area contributed by atoms with Crippen molar-refractivity contribution in [1.29, 1.82) is 0 Å². The summed E-state index contributed by atoms with van der Waals surface area (Å²) in [6.45, 7) is 0.513. The molecule has 0 aliphatic heterocycles. The van der Waals surface area contributed by atoms with E-state index in [-0.39, 0.29) is 5.69 Å². The fourth-order valence-corrected chi connectivity index (χ4v) is 1.70. The molecule has 2 rings (SSSR count). The lowest BCUT2D eigenvalue weighted by molar-refractivity contribution is -0.688. The van der Waals surface area contributed by atoms with Gasteiger partial charge in [-0.15, -0.1) is 0 Å². The minimum absolute atomic E-state index is 0.0552. The number of nitro benzene ring substituents is 1. The lowest BCUT2D eigenvalue weighted by Gasteiger charge is -1.99. The van der Waals surface area contributed by atoms with E-state index in [0.29, 0.717) is 12.1 Å². The molecule has 1 heterocycles. The van der Waals surface area contributed by atoms with E-state index in [4.69, 9.17) is 5.73 Å². The Bertz CT molecular complexity index is 623. The van der Waals surface area contributed by atoms with Gasteiger partial charge in [0.15, 0.2) is 18.9 Å². The topological polar surface area (TPSA) is 90.1 Å². The number of pyridine rings is 1. The summed E-state index contributed by atoms with van der Waals surface area (Å²) < 4.78 is 1.79. The maximum absolute atomic E-state index is 11.1. The number of benzene rings is 1. The van der Waals surface area contributed by atoms with Crippen LogP contribution in [0.4, 0.5) is 5.69 Å². The summed E-state index contributed by atoms with van der Waals surface area (Å²) >= 11 is 0. The Hall–Kier alpha value is -2.76. The fourth-order valence-electron chi connectivity index (χ4n) is 1.70. The normalized spacial score (nSPS) is 10.1. The highest BCUT2D eigenvalue weighted by Crippen LogP contribution is 2.11. The molecule has 6 nitrogen and oxygen atoms in total. The van der Waals surface area contributed by atoms with Crippen LogP contribution in [0.15, 0.2) is 48.8 Å². The SMILES string of the molecule is NC(=O)c1ccc[n+](Cc2ccc([N+](=O)[O-])cc2)c1. The third-order valence-corrected chi connectivity index (χ3v) is 2.66. The molecule has 0 saturated carbocycles. The molecule has 96 valence electrons. The second-order valence-electron chi connectivity index (χ2n) is 4.05. The van der Waals surface area contributed by atoms with E-state index in [9.17, 15) is 14.9 Å². The number of primary amides is 1. The van der Waals surface area contributed by atoms with Crippen molar-refractivity contribution in [2.45, 2.75) is 6.54 Å². The summed E-state index contributed by atoms with van der Waals surface area (Å²) in [5.41, 5.74) is 6.58. The minimum atomic E-state index is -0.488. The van der Waals surface area contributed by atoms with Gasteiger partial charge in [0.05, 0.1) is 4.92 Å². The number of hydrogen-bond acceptors (Lipinski definition) is 3. The van der Waals surface area contributed by atoms with E-state index in [2.05, 4.69) is 0 Å². The molecule has 1 amide bonds. The summed E-state index contributed by atoms with van der Waals surface area (Å²) in [7, 11) is 0. The number of carbonyl (C=O) groups is 1. The zero-order valence-corrected chi connectivity index (χ0v) is 10.0. The first-order valence-electron chi connectivity index (χ1n) is 5.58. The van der Waals surface area contributed by atoms with Gasteiger partial charge in [-0.1, -0.05) is 0 Å². The van der Waals surface area contributed by atoms with Crippen molar-refractivity contribution in [3.05, 3.63) is 70.0 Å². The first-order valence-corrected chi connectivity index (χ1v) is 5.58. The molecule has 2 aromatic rings. The summed E-state index contributed by atoms with van der Waals surface area (Å²) in [5.74, 6) is -0.488. The van der Waals surface area contributed by atoms with Crippen molar-refractivity contribution < 1.29 is 14.3 Å². The number of nitrogens with zero attached hydrogens (tertiary/aromatic N) is 2. The van der Waals surface area contributed by atoms with Crippen molar-refractivity contribution in [2.75, 3.05) is 0 Å². The lowest BCUT2D eigenvalue weighted by Crippen LogP contribution is -2.35. The van der Waals surface area contributed by atoms with E-state index in [0.717, 1.165) is 5.56 Å². The zero-order chi connectivity index (χ0) is 13.8. The van der Waals surface area contributed by atoms with Crippen LogP contribution < -0.4 is 10.3 Å². The third-order valence-electron chi connectivity index (χ3n) is 2.66. The molecular weight excluding hydrogens is 246 g/mol. The Morgan fingerprint density at radius 1 is 1.26 bits per heavy atom. The molecule has 0 aliphatic carbocycles. The highest BCUT2D eigenvalue weighted by molar-refractivity contribution is 5.92. The van der Waals surface area contributed by atoms with E-state index < -0.39 is 10.8 Å². The minimum Gasteiger partial charge on any atom is -0.365 e. The van der Waals surface area contributed by atoms with Gasteiger partial charge >= 0.3 is 0 Å². The molecule has 0 unspecified atom stereocenters. The van der Waals surface area contributed by atoms with E-state index in [1.807, 2.05) is 0 Å². The number of amides is 1. The van der Waals surface area contributed by atoms with Gasteiger partial charge in [-0.2, -0.15) is 4.57 Å². The van der Waals surface area contributed by atoms with Crippen LogP contribution in [0.5, 0.6) is 0 Å². The van der Waals surface area contributed by atoms with Gasteiger partial charge in [0.2, 0.25) is 0 Å². The monoisotopic (exact) mass is 258 g/mol. The highest BCUT2D eigenvalue weighted by atomic mass is 16.6. The van der Waals surface area contributed by atoms with Crippen molar-refractivity contribution in [2.24, 2.45) is 5.73 Å². The molecule has 0 aliphatic rings. The average molecular weight is 258 g/mol. The molecule has 0 fully saturated rings. The van der Waals surface area contributed by atoms with Crippen molar-refractivity contribution >= 4 is 11.6 Å². The summed E-state index contributed by atoms with van der Waals surface area (Å²) in [6.07, 6.45) is 3.44. The van der Waals surface area contributed by atoms with Gasteiger partial charge in [0.25, 0.3) is 11.6 Å². The summed E-state index contributed by atoms with van der Waals surface area (Å²) in [5, 5.41) is 10.5. The molecule has 0 bridgehead atoms.